The zero-order chi connectivity index (χ0) is 18.9. The van der Waals surface area contributed by atoms with E-state index < -0.39 is 0 Å². The van der Waals surface area contributed by atoms with Gasteiger partial charge in [-0.15, -0.1) is 11.8 Å². The van der Waals surface area contributed by atoms with Crippen LogP contribution in [0.3, 0.4) is 0 Å². The smallest absolute Gasteiger partial charge is 0.230 e. The van der Waals surface area contributed by atoms with Crippen LogP contribution in [0.15, 0.2) is 65.7 Å². The number of aromatic amines is 1. The molecule has 6 heteroatoms. The molecular weight excluding hydrogens is 356 g/mol. The number of nitrogens with one attached hydrogen (secondary N) is 2. The summed E-state index contributed by atoms with van der Waals surface area (Å²) in [6, 6.07) is 19.5. The Labute approximate surface area is 162 Å². The predicted octanol–water partition coefficient (Wildman–Crippen LogP) is 3.32. The Kier molecular flexibility index (Phi) is 6.66. The van der Waals surface area contributed by atoms with Crippen molar-refractivity contribution >= 4 is 17.7 Å². The van der Waals surface area contributed by atoms with Crippen molar-refractivity contribution in [3.63, 3.8) is 0 Å². The van der Waals surface area contributed by atoms with Gasteiger partial charge in [0.2, 0.25) is 5.91 Å². The van der Waals surface area contributed by atoms with Crippen molar-refractivity contribution in [2.75, 3.05) is 12.3 Å². The maximum Gasteiger partial charge on any atom is 0.230 e. The molecule has 1 aromatic heterocycles. The summed E-state index contributed by atoms with van der Waals surface area (Å²) in [6.45, 7) is 0.576. The number of aromatic nitrogens is 2. The van der Waals surface area contributed by atoms with Crippen molar-refractivity contribution in [3.05, 3.63) is 83.4 Å². The quantitative estimate of drug-likeness (QED) is 0.591. The van der Waals surface area contributed by atoms with E-state index >= 15 is 0 Å². The third-order valence-electron chi connectivity index (χ3n) is 3.97. The highest BCUT2D eigenvalue weighted by molar-refractivity contribution is 8.00. The monoisotopic (exact) mass is 376 g/mol. The normalized spacial score (nSPS) is 10.3. The van der Waals surface area contributed by atoms with Crippen LogP contribution in [-0.4, -0.2) is 28.2 Å². The van der Waals surface area contributed by atoms with Crippen molar-refractivity contribution in [1.82, 2.24) is 15.3 Å². The minimum Gasteiger partial charge on any atom is -0.355 e. The topological polar surface area (TPSA) is 81.6 Å². The summed E-state index contributed by atoms with van der Waals surface area (Å²) in [5, 5.41) is 11.8. The molecule has 0 radical (unpaired) electrons. The van der Waals surface area contributed by atoms with E-state index in [0.717, 1.165) is 22.0 Å². The van der Waals surface area contributed by atoms with Crippen LogP contribution in [0.5, 0.6) is 0 Å². The number of hydrogen-bond acceptors (Lipinski definition) is 4. The van der Waals surface area contributed by atoms with Gasteiger partial charge in [-0.1, -0.05) is 30.3 Å². The van der Waals surface area contributed by atoms with E-state index in [1.54, 1.807) is 0 Å². The Bertz CT molecular complexity index is 913. The summed E-state index contributed by atoms with van der Waals surface area (Å²) < 4.78 is 0. The molecule has 0 aliphatic heterocycles. The lowest BCUT2D eigenvalue weighted by Crippen LogP contribution is -2.27. The zero-order valence-corrected chi connectivity index (χ0v) is 15.6. The molecule has 2 aromatic carbocycles. The molecule has 1 amide bonds. The number of benzene rings is 2. The van der Waals surface area contributed by atoms with Gasteiger partial charge in [-0.2, -0.15) is 5.26 Å². The van der Waals surface area contributed by atoms with E-state index in [1.165, 1.54) is 11.8 Å². The number of nitriles is 1. The molecule has 3 rings (SSSR count). The summed E-state index contributed by atoms with van der Waals surface area (Å²) in [6.07, 6.45) is 3.21. The van der Waals surface area contributed by atoms with Crippen molar-refractivity contribution in [3.8, 4) is 6.07 Å². The van der Waals surface area contributed by atoms with Crippen LogP contribution in [0.1, 0.15) is 22.6 Å². The van der Waals surface area contributed by atoms with Crippen LogP contribution >= 0.6 is 11.8 Å². The predicted molar refractivity (Wildman–Crippen MR) is 106 cm³/mol. The van der Waals surface area contributed by atoms with Gasteiger partial charge in [0.1, 0.15) is 5.82 Å². The number of carbonyl (C=O) groups is 1. The number of carbonyl (C=O) groups excluding carboxylic acids is 1. The van der Waals surface area contributed by atoms with Gasteiger partial charge < -0.3 is 10.3 Å². The second kappa shape index (κ2) is 9.60. The van der Waals surface area contributed by atoms with Crippen LogP contribution in [-0.2, 0) is 17.6 Å². The fourth-order valence-corrected chi connectivity index (χ4v) is 3.32. The van der Waals surface area contributed by atoms with E-state index in [1.807, 2.05) is 60.8 Å². The van der Waals surface area contributed by atoms with Gasteiger partial charge in [0.25, 0.3) is 0 Å². The first-order chi connectivity index (χ1) is 13.2. The summed E-state index contributed by atoms with van der Waals surface area (Å²) in [7, 11) is 0. The number of hydrogen-bond donors (Lipinski definition) is 2. The summed E-state index contributed by atoms with van der Waals surface area (Å²) in [5.74, 6) is 1.32. The molecule has 0 bridgehead atoms. The van der Waals surface area contributed by atoms with Gasteiger partial charge >= 0.3 is 0 Å². The molecule has 0 aliphatic rings. The zero-order valence-electron chi connectivity index (χ0n) is 14.8. The SMILES string of the molecule is N#Cc1ccc(Cc2ncc(CCNC(=O)CSc3ccccc3)[nH]2)cc1. The largest absolute Gasteiger partial charge is 0.355 e. The maximum absolute atomic E-state index is 11.9. The molecular formula is C21H20N4OS. The van der Waals surface area contributed by atoms with Crippen molar-refractivity contribution in [1.29, 1.82) is 5.26 Å². The first kappa shape index (κ1) is 18.7. The minimum atomic E-state index is 0.0289. The second-order valence-corrected chi connectivity index (χ2v) is 7.09. The van der Waals surface area contributed by atoms with Crippen LogP contribution in [0.4, 0.5) is 0 Å². The van der Waals surface area contributed by atoms with Gasteiger partial charge in [-0.25, -0.2) is 4.98 Å². The fourth-order valence-electron chi connectivity index (χ4n) is 2.57. The van der Waals surface area contributed by atoms with Crippen molar-refractivity contribution < 1.29 is 4.79 Å². The van der Waals surface area contributed by atoms with Gasteiger partial charge in [-0.05, 0) is 29.8 Å². The summed E-state index contributed by atoms with van der Waals surface area (Å²) >= 11 is 1.53. The highest BCUT2D eigenvalue weighted by Gasteiger charge is 2.05. The minimum absolute atomic E-state index is 0.0289. The Balaban J connectivity index is 1.40. The van der Waals surface area contributed by atoms with Gasteiger partial charge in [-0.3, -0.25) is 4.79 Å². The number of rotatable bonds is 8. The van der Waals surface area contributed by atoms with Gasteiger partial charge in [0.15, 0.2) is 0 Å². The van der Waals surface area contributed by atoms with Gasteiger partial charge in [0.05, 0.1) is 17.4 Å². The Morgan fingerprint density at radius 2 is 1.93 bits per heavy atom. The average Bonchev–Trinajstić information content (AvgIpc) is 3.15. The third-order valence-corrected chi connectivity index (χ3v) is 4.98. The van der Waals surface area contributed by atoms with Crippen LogP contribution in [0.25, 0.3) is 0 Å². The lowest BCUT2D eigenvalue weighted by molar-refractivity contribution is -0.118. The Morgan fingerprint density at radius 1 is 1.15 bits per heavy atom. The molecule has 0 unspecified atom stereocenters. The number of H-pyrrole nitrogens is 1. The molecule has 0 spiro atoms. The Morgan fingerprint density at radius 3 is 2.67 bits per heavy atom. The van der Waals surface area contributed by atoms with E-state index in [-0.39, 0.29) is 5.91 Å². The first-order valence-corrected chi connectivity index (χ1v) is 9.68. The number of nitrogens with zero attached hydrogens (tertiary/aromatic N) is 2. The highest BCUT2D eigenvalue weighted by atomic mass is 32.2. The van der Waals surface area contributed by atoms with E-state index in [4.69, 9.17) is 5.26 Å². The van der Waals surface area contributed by atoms with E-state index in [9.17, 15) is 4.79 Å². The standard InChI is InChI=1S/C21H20N4OS/c22-13-17-8-6-16(7-9-17)12-20-24-14-18(25-20)10-11-23-21(26)15-27-19-4-2-1-3-5-19/h1-9,14H,10-12,15H2,(H,23,26)(H,24,25). The number of imidazole rings is 1. The lowest BCUT2D eigenvalue weighted by Gasteiger charge is -2.04. The molecule has 5 nitrogen and oxygen atoms in total. The molecule has 0 atom stereocenters. The van der Waals surface area contributed by atoms with E-state index in [0.29, 0.717) is 30.7 Å². The maximum atomic E-state index is 11.9. The lowest BCUT2D eigenvalue weighted by atomic mass is 10.1. The third kappa shape index (κ3) is 6.01. The van der Waals surface area contributed by atoms with Crippen LogP contribution in [0.2, 0.25) is 0 Å². The van der Waals surface area contributed by atoms with Gasteiger partial charge in [0, 0.05) is 36.2 Å². The van der Waals surface area contributed by atoms with Crippen LogP contribution in [0, 0.1) is 11.3 Å². The molecule has 1 heterocycles. The van der Waals surface area contributed by atoms with Crippen LogP contribution < -0.4 is 5.32 Å². The van der Waals surface area contributed by atoms with Crippen molar-refractivity contribution in [2.45, 2.75) is 17.7 Å². The van der Waals surface area contributed by atoms with E-state index in [2.05, 4.69) is 21.4 Å². The molecule has 27 heavy (non-hydrogen) atoms. The average molecular weight is 376 g/mol. The Hall–Kier alpha value is -3.04. The summed E-state index contributed by atoms with van der Waals surface area (Å²) in [4.78, 5) is 20.7. The highest BCUT2D eigenvalue weighted by Crippen LogP contribution is 2.16. The molecule has 3 aromatic rings. The second-order valence-electron chi connectivity index (χ2n) is 6.04. The molecule has 2 N–H and O–H groups in total. The molecule has 0 aliphatic carbocycles. The fraction of sp³-hybridized carbons (Fsp3) is 0.190. The van der Waals surface area contributed by atoms with Crippen molar-refractivity contribution in [2.24, 2.45) is 0 Å². The number of amides is 1. The molecule has 0 fully saturated rings. The molecule has 0 saturated carbocycles. The molecule has 136 valence electrons. The number of thioether (sulfide) groups is 1. The summed E-state index contributed by atoms with van der Waals surface area (Å²) in [5.41, 5.74) is 2.75. The first-order valence-electron chi connectivity index (χ1n) is 8.69. The molecule has 0 saturated heterocycles.